The largest absolute Gasteiger partial charge is 0.353 e. The number of anilines is 1. The molecule has 0 spiro atoms. The van der Waals surface area contributed by atoms with Crippen molar-refractivity contribution in [2.24, 2.45) is 0 Å². The first-order valence-corrected chi connectivity index (χ1v) is 4.46. The van der Waals surface area contributed by atoms with Crippen molar-refractivity contribution in [1.82, 2.24) is 9.38 Å². The minimum absolute atomic E-state index is 0.408. The Morgan fingerprint density at radius 2 is 2.23 bits per heavy atom. The highest BCUT2D eigenvalue weighted by molar-refractivity contribution is 5.51. The summed E-state index contributed by atoms with van der Waals surface area (Å²) in [6, 6.07) is 6.46. The van der Waals surface area contributed by atoms with Crippen LogP contribution in [0.3, 0.4) is 0 Å². The summed E-state index contributed by atoms with van der Waals surface area (Å²) in [5.41, 5.74) is 1.12. The van der Waals surface area contributed by atoms with Gasteiger partial charge in [-0.1, -0.05) is 6.07 Å². The van der Waals surface area contributed by atoms with Gasteiger partial charge in [0.15, 0.2) is 0 Å². The Kier molecular flexibility index (Phi) is 1.93. The lowest BCUT2D eigenvalue weighted by Crippen LogP contribution is -2.12. The van der Waals surface area contributed by atoms with Crippen LogP contribution in [0.4, 0.5) is 5.95 Å². The number of rotatable bonds is 2. The van der Waals surface area contributed by atoms with Crippen molar-refractivity contribution in [3.8, 4) is 0 Å². The van der Waals surface area contributed by atoms with Crippen LogP contribution >= 0.6 is 0 Å². The summed E-state index contributed by atoms with van der Waals surface area (Å²) in [5.74, 6) is 0.908. The van der Waals surface area contributed by atoms with Gasteiger partial charge in [-0.2, -0.15) is 0 Å². The topological polar surface area (TPSA) is 29.3 Å². The van der Waals surface area contributed by atoms with Crippen molar-refractivity contribution in [3.05, 3.63) is 30.6 Å². The fraction of sp³-hybridized carbons (Fsp3) is 0.300. The predicted octanol–water partition coefficient (Wildman–Crippen LogP) is 2.15. The first-order valence-electron chi connectivity index (χ1n) is 4.46. The maximum Gasteiger partial charge on any atom is 0.207 e. The summed E-state index contributed by atoms with van der Waals surface area (Å²) in [5, 5.41) is 3.28. The number of fused-ring (bicyclic) bond motifs is 1. The van der Waals surface area contributed by atoms with Crippen LogP contribution in [0.2, 0.25) is 0 Å². The highest BCUT2D eigenvalue weighted by atomic mass is 15.2. The van der Waals surface area contributed by atoms with Crippen LogP contribution in [-0.2, 0) is 0 Å². The first kappa shape index (κ1) is 8.10. The predicted molar refractivity (Wildman–Crippen MR) is 54.0 cm³/mol. The number of imidazole rings is 1. The van der Waals surface area contributed by atoms with Crippen LogP contribution in [-0.4, -0.2) is 15.4 Å². The summed E-state index contributed by atoms with van der Waals surface area (Å²) in [4.78, 5) is 4.29. The molecule has 0 amide bonds. The van der Waals surface area contributed by atoms with E-state index in [0.29, 0.717) is 6.04 Å². The fourth-order valence-electron chi connectivity index (χ4n) is 1.31. The SMILES string of the molecule is CC(C)Nc1ncc2ccccn12. The van der Waals surface area contributed by atoms with Gasteiger partial charge in [0.2, 0.25) is 5.95 Å². The summed E-state index contributed by atoms with van der Waals surface area (Å²) < 4.78 is 2.04. The zero-order valence-electron chi connectivity index (χ0n) is 7.86. The normalized spacial score (nSPS) is 11.0. The molecule has 2 heterocycles. The average molecular weight is 175 g/mol. The molecule has 0 atom stereocenters. The van der Waals surface area contributed by atoms with Crippen molar-refractivity contribution >= 4 is 11.5 Å². The Labute approximate surface area is 77.4 Å². The van der Waals surface area contributed by atoms with E-state index in [9.17, 15) is 0 Å². The Bertz CT molecular complexity index is 403. The Balaban J connectivity index is 2.46. The molecule has 68 valence electrons. The van der Waals surface area contributed by atoms with Gasteiger partial charge in [-0.25, -0.2) is 4.98 Å². The van der Waals surface area contributed by atoms with E-state index in [1.54, 1.807) is 0 Å². The smallest absolute Gasteiger partial charge is 0.207 e. The standard InChI is InChI=1S/C10H13N3/c1-8(2)12-10-11-7-9-5-3-4-6-13(9)10/h3-8H,1-2H3,(H,11,12). The van der Waals surface area contributed by atoms with Gasteiger partial charge < -0.3 is 5.32 Å². The fourth-order valence-corrected chi connectivity index (χ4v) is 1.31. The zero-order chi connectivity index (χ0) is 9.26. The van der Waals surface area contributed by atoms with Crippen LogP contribution in [0, 0.1) is 0 Å². The van der Waals surface area contributed by atoms with Crippen molar-refractivity contribution in [2.75, 3.05) is 5.32 Å². The van der Waals surface area contributed by atoms with Gasteiger partial charge in [0.25, 0.3) is 0 Å². The van der Waals surface area contributed by atoms with E-state index in [0.717, 1.165) is 11.5 Å². The quantitative estimate of drug-likeness (QED) is 0.757. The molecule has 1 N–H and O–H groups in total. The highest BCUT2D eigenvalue weighted by Gasteiger charge is 2.02. The summed E-state index contributed by atoms with van der Waals surface area (Å²) in [6.45, 7) is 4.20. The second-order valence-corrected chi connectivity index (χ2v) is 3.38. The second-order valence-electron chi connectivity index (χ2n) is 3.38. The van der Waals surface area contributed by atoms with E-state index < -0.39 is 0 Å². The van der Waals surface area contributed by atoms with Gasteiger partial charge in [0, 0.05) is 12.2 Å². The second kappa shape index (κ2) is 3.09. The number of hydrogen-bond acceptors (Lipinski definition) is 2. The molecular weight excluding hydrogens is 162 g/mol. The van der Waals surface area contributed by atoms with E-state index >= 15 is 0 Å². The van der Waals surface area contributed by atoms with Crippen molar-refractivity contribution < 1.29 is 0 Å². The van der Waals surface area contributed by atoms with Gasteiger partial charge in [0.05, 0.1) is 11.7 Å². The maximum absolute atomic E-state index is 4.29. The monoisotopic (exact) mass is 175 g/mol. The zero-order valence-corrected chi connectivity index (χ0v) is 7.86. The van der Waals surface area contributed by atoms with Crippen LogP contribution < -0.4 is 5.32 Å². The number of hydrogen-bond donors (Lipinski definition) is 1. The van der Waals surface area contributed by atoms with Crippen LogP contribution in [0.25, 0.3) is 5.52 Å². The molecule has 0 aliphatic rings. The molecule has 0 aliphatic heterocycles. The number of nitrogens with zero attached hydrogens (tertiary/aromatic N) is 2. The highest BCUT2D eigenvalue weighted by Crippen LogP contribution is 2.10. The number of pyridine rings is 1. The van der Waals surface area contributed by atoms with Crippen LogP contribution in [0.5, 0.6) is 0 Å². The Morgan fingerprint density at radius 3 is 3.00 bits per heavy atom. The van der Waals surface area contributed by atoms with Gasteiger partial charge in [-0.15, -0.1) is 0 Å². The lowest BCUT2D eigenvalue weighted by Gasteiger charge is -2.07. The Hall–Kier alpha value is -1.51. The molecule has 2 aromatic rings. The minimum atomic E-state index is 0.408. The van der Waals surface area contributed by atoms with Gasteiger partial charge in [0.1, 0.15) is 0 Å². The lowest BCUT2D eigenvalue weighted by atomic mass is 10.4. The molecule has 0 aliphatic carbocycles. The molecule has 0 saturated heterocycles. The van der Waals surface area contributed by atoms with Gasteiger partial charge >= 0.3 is 0 Å². The van der Waals surface area contributed by atoms with Crippen molar-refractivity contribution in [2.45, 2.75) is 19.9 Å². The van der Waals surface area contributed by atoms with E-state index in [2.05, 4.69) is 24.1 Å². The molecule has 0 fully saturated rings. The molecule has 2 rings (SSSR count). The molecule has 3 nitrogen and oxygen atoms in total. The third-order valence-corrected chi connectivity index (χ3v) is 1.86. The summed E-state index contributed by atoms with van der Waals surface area (Å²) in [6.07, 6.45) is 3.87. The molecule has 0 radical (unpaired) electrons. The van der Waals surface area contributed by atoms with E-state index in [4.69, 9.17) is 0 Å². The average Bonchev–Trinajstić information content (AvgIpc) is 2.48. The van der Waals surface area contributed by atoms with E-state index in [1.165, 1.54) is 0 Å². The number of aromatic nitrogens is 2. The van der Waals surface area contributed by atoms with Crippen molar-refractivity contribution in [3.63, 3.8) is 0 Å². The van der Waals surface area contributed by atoms with E-state index in [-0.39, 0.29) is 0 Å². The molecule has 13 heavy (non-hydrogen) atoms. The third-order valence-electron chi connectivity index (χ3n) is 1.86. The van der Waals surface area contributed by atoms with Gasteiger partial charge in [-0.05, 0) is 26.0 Å². The summed E-state index contributed by atoms with van der Waals surface area (Å²) >= 11 is 0. The molecule has 0 aromatic carbocycles. The van der Waals surface area contributed by atoms with Gasteiger partial charge in [-0.3, -0.25) is 4.40 Å². The summed E-state index contributed by atoms with van der Waals surface area (Å²) in [7, 11) is 0. The molecule has 3 heteroatoms. The van der Waals surface area contributed by atoms with Crippen molar-refractivity contribution in [1.29, 1.82) is 0 Å². The third kappa shape index (κ3) is 1.49. The molecule has 0 saturated carbocycles. The molecule has 0 bridgehead atoms. The minimum Gasteiger partial charge on any atom is -0.353 e. The maximum atomic E-state index is 4.29. The molecule has 2 aromatic heterocycles. The molecular formula is C10H13N3. The Morgan fingerprint density at radius 1 is 1.38 bits per heavy atom. The van der Waals surface area contributed by atoms with E-state index in [1.807, 2.05) is 35.0 Å². The molecule has 0 unspecified atom stereocenters. The number of nitrogens with one attached hydrogen (secondary N) is 1. The van der Waals surface area contributed by atoms with Crippen LogP contribution in [0.1, 0.15) is 13.8 Å². The lowest BCUT2D eigenvalue weighted by molar-refractivity contribution is 0.873. The first-order chi connectivity index (χ1) is 6.27. The van der Waals surface area contributed by atoms with Crippen LogP contribution in [0.15, 0.2) is 30.6 Å².